The van der Waals surface area contributed by atoms with E-state index in [0.717, 1.165) is 11.1 Å². The number of ether oxygens (including phenoxy) is 1. The molecular formula is C23H26N2O3. The Morgan fingerprint density at radius 3 is 2.29 bits per heavy atom. The van der Waals surface area contributed by atoms with E-state index in [-0.39, 0.29) is 23.8 Å². The average Bonchev–Trinajstić information content (AvgIpc) is 2.76. The molecule has 2 fully saturated rings. The van der Waals surface area contributed by atoms with Crippen molar-refractivity contribution in [2.75, 3.05) is 26.3 Å². The van der Waals surface area contributed by atoms with Crippen molar-refractivity contribution in [3.05, 3.63) is 71.8 Å². The molecule has 0 bridgehead atoms. The molecule has 0 spiro atoms. The number of nitrogens with zero attached hydrogens (tertiary/aromatic N) is 2. The number of morpholine rings is 1. The molecule has 2 aromatic carbocycles. The molecule has 5 nitrogen and oxygen atoms in total. The lowest BCUT2D eigenvalue weighted by Gasteiger charge is -2.43. The summed E-state index contributed by atoms with van der Waals surface area (Å²) in [6.45, 7) is 2.95. The summed E-state index contributed by atoms with van der Waals surface area (Å²) in [6.07, 6.45) is 1.01. The van der Waals surface area contributed by atoms with Gasteiger partial charge >= 0.3 is 0 Å². The van der Waals surface area contributed by atoms with Crippen molar-refractivity contribution in [2.24, 2.45) is 5.92 Å². The van der Waals surface area contributed by atoms with Crippen molar-refractivity contribution in [3.8, 4) is 0 Å². The van der Waals surface area contributed by atoms with Gasteiger partial charge in [-0.25, -0.2) is 0 Å². The summed E-state index contributed by atoms with van der Waals surface area (Å²) in [7, 11) is 0. The number of amides is 2. The summed E-state index contributed by atoms with van der Waals surface area (Å²) in [5, 5.41) is 0. The molecule has 5 heteroatoms. The first-order valence-corrected chi connectivity index (χ1v) is 9.99. The van der Waals surface area contributed by atoms with Gasteiger partial charge < -0.3 is 14.5 Å². The fourth-order valence-electron chi connectivity index (χ4n) is 4.26. The van der Waals surface area contributed by atoms with E-state index in [1.165, 1.54) is 0 Å². The second-order valence-corrected chi connectivity index (χ2v) is 7.45. The number of carbonyl (C=O) groups excluding carboxylic acids is 2. The van der Waals surface area contributed by atoms with Gasteiger partial charge in [0.1, 0.15) is 0 Å². The molecule has 2 aliphatic rings. The number of benzene rings is 2. The van der Waals surface area contributed by atoms with Gasteiger partial charge in [0.25, 0.3) is 0 Å². The maximum absolute atomic E-state index is 13.4. The van der Waals surface area contributed by atoms with Gasteiger partial charge in [0.05, 0.1) is 25.2 Å². The number of piperidine rings is 1. The van der Waals surface area contributed by atoms with Crippen LogP contribution in [-0.2, 0) is 20.9 Å². The molecule has 2 aromatic rings. The van der Waals surface area contributed by atoms with Gasteiger partial charge in [-0.05, 0) is 17.5 Å². The van der Waals surface area contributed by atoms with E-state index < -0.39 is 0 Å². The molecule has 4 rings (SSSR count). The van der Waals surface area contributed by atoms with E-state index in [4.69, 9.17) is 4.74 Å². The van der Waals surface area contributed by atoms with Crippen molar-refractivity contribution < 1.29 is 14.3 Å². The molecule has 2 aliphatic heterocycles. The zero-order valence-electron chi connectivity index (χ0n) is 16.0. The largest absolute Gasteiger partial charge is 0.378 e. The van der Waals surface area contributed by atoms with Crippen molar-refractivity contribution in [1.82, 2.24) is 9.80 Å². The Morgan fingerprint density at radius 1 is 0.964 bits per heavy atom. The molecule has 2 heterocycles. The first-order valence-electron chi connectivity index (χ1n) is 9.99. The van der Waals surface area contributed by atoms with Crippen molar-refractivity contribution in [2.45, 2.75) is 25.4 Å². The predicted molar refractivity (Wildman–Crippen MR) is 106 cm³/mol. The lowest BCUT2D eigenvalue weighted by atomic mass is 9.83. The fourth-order valence-corrected chi connectivity index (χ4v) is 4.26. The third-order valence-corrected chi connectivity index (χ3v) is 5.68. The van der Waals surface area contributed by atoms with Crippen LogP contribution in [-0.4, -0.2) is 47.9 Å². The van der Waals surface area contributed by atoms with E-state index in [1.807, 2.05) is 70.5 Å². The second kappa shape index (κ2) is 8.57. The van der Waals surface area contributed by atoms with Crippen LogP contribution in [0.3, 0.4) is 0 Å². The van der Waals surface area contributed by atoms with Crippen LogP contribution in [0.25, 0.3) is 0 Å². The first-order chi connectivity index (χ1) is 13.7. The van der Waals surface area contributed by atoms with Crippen LogP contribution in [0.4, 0.5) is 0 Å². The lowest BCUT2D eigenvalue weighted by molar-refractivity contribution is -0.151. The summed E-state index contributed by atoms with van der Waals surface area (Å²) in [4.78, 5) is 30.1. The minimum Gasteiger partial charge on any atom is -0.378 e. The highest BCUT2D eigenvalue weighted by molar-refractivity contribution is 5.85. The Kier molecular flexibility index (Phi) is 5.72. The SMILES string of the molecule is O=C(C1CCC(=O)N(Cc2ccccc2)C1c1ccccc1)N1CCOCC1. The third-order valence-electron chi connectivity index (χ3n) is 5.68. The average molecular weight is 378 g/mol. The summed E-state index contributed by atoms with van der Waals surface area (Å²) in [5.74, 6) is 0.0355. The van der Waals surface area contributed by atoms with E-state index in [9.17, 15) is 9.59 Å². The Labute approximate surface area is 165 Å². The van der Waals surface area contributed by atoms with Crippen LogP contribution in [0, 0.1) is 5.92 Å². The first kappa shape index (κ1) is 18.7. The number of carbonyl (C=O) groups is 2. The molecule has 2 unspecified atom stereocenters. The summed E-state index contributed by atoms with van der Waals surface area (Å²) >= 11 is 0. The quantitative estimate of drug-likeness (QED) is 0.822. The van der Waals surface area contributed by atoms with E-state index in [1.54, 1.807) is 0 Å². The van der Waals surface area contributed by atoms with Gasteiger partial charge in [-0.3, -0.25) is 9.59 Å². The maximum atomic E-state index is 13.4. The molecule has 0 aliphatic carbocycles. The number of hydrogen-bond acceptors (Lipinski definition) is 3. The Hall–Kier alpha value is -2.66. The van der Waals surface area contributed by atoms with Gasteiger partial charge in [-0.15, -0.1) is 0 Å². The zero-order valence-corrected chi connectivity index (χ0v) is 16.0. The van der Waals surface area contributed by atoms with Gasteiger partial charge in [0.2, 0.25) is 11.8 Å². The van der Waals surface area contributed by atoms with Crippen LogP contribution in [0.2, 0.25) is 0 Å². The molecule has 0 aromatic heterocycles. The topological polar surface area (TPSA) is 49.9 Å². The maximum Gasteiger partial charge on any atom is 0.228 e. The smallest absolute Gasteiger partial charge is 0.228 e. The van der Waals surface area contributed by atoms with E-state index >= 15 is 0 Å². The second-order valence-electron chi connectivity index (χ2n) is 7.45. The molecule has 28 heavy (non-hydrogen) atoms. The molecule has 146 valence electrons. The Morgan fingerprint density at radius 2 is 1.61 bits per heavy atom. The summed E-state index contributed by atoms with van der Waals surface area (Å²) in [6, 6.07) is 19.7. The third kappa shape index (κ3) is 3.94. The van der Waals surface area contributed by atoms with Gasteiger partial charge in [0.15, 0.2) is 0 Å². The standard InChI is InChI=1S/C23H26N2O3/c26-21-12-11-20(23(27)24-13-15-28-16-14-24)22(19-9-5-2-6-10-19)25(21)17-18-7-3-1-4-8-18/h1-10,20,22H,11-17H2. The number of likely N-dealkylation sites (tertiary alicyclic amines) is 1. The highest BCUT2D eigenvalue weighted by Crippen LogP contribution is 2.39. The highest BCUT2D eigenvalue weighted by atomic mass is 16.5. The molecular weight excluding hydrogens is 352 g/mol. The van der Waals surface area contributed by atoms with Crippen LogP contribution >= 0.6 is 0 Å². The molecule has 0 N–H and O–H groups in total. The Bertz CT molecular complexity index is 803. The van der Waals surface area contributed by atoms with Crippen molar-refractivity contribution in [3.63, 3.8) is 0 Å². The van der Waals surface area contributed by atoms with Gasteiger partial charge in [-0.2, -0.15) is 0 Å². The van der Waals surface area contributed by atoms with E-state index in [2.05, 4.69) is 0 Å². The van der Waals surface area contributed by atoms with Crippen molar-refractivity contribution >= 4 is 11.8 Å². The van der Waals surface area contributed by atoms with Crippen LogP contribution in [0.15, 0.2) is 60.7 Å². The molecule has 0 radical (unpaired) electrons. The summed E-state index contributed by atoms with van der Waals surface area (Å²) < 4.78 is 5.41. The highest BCUT2D eigenvalue weighted by Gasteiger charge is 2.42. The fraction of sp³-hybridized carbons (Fsp3) is 0.391. The van der Waals surface area contributed by atoms with Crippen LogP contribution < -0.4 is 0 Å². The molecule has 2 atom stereocenters. The van der Waals surface area contributed by atoms with E-state index in [0.29, 0.717) is 45.7 Å². The predicted octanol–water partition coefficient (Wildman–Crippen LogP) is 3.03. The van der Waals surface area contributed by atoms with Crippen LogP contribution in [0.1, 0.15) is 30.0 Å². The Balaban J connectivity index is 1.66. The minimum atomic E-state index is -0.238. The minimum absolute atomic E-state index is 0.115. The zero-order chi connectivity index (χ0) is 19.3. The molecule has 0 saturated carbocycles. The van der Waals surface area contributed by atoms with Gasteiger partial charge in [0, 0.05) is 26.1 Å². The van der Waals surface area contributed by atoms with Gasteiger partial charge in [-0.1, -0.05) is 60.7 Å². The lowest BCUT2D eigenvalue weighted by Crippen LogP contribution is -2.51. The normalized spacial score (nSPS) is 22.9. The van der Waals surface area contributed by atoms with Crippen LogP contribution in [0.5, 0.6) is 0 Å². The molecule has 2 amide bonds. The molecule has 2 saturated heterocycles. The number of hydrogen-bond donors (Lipinski definition) is 0. The van der Waals surface area contributed by atoms with Crippen molar-refractivity contribution in [1.29, 1.82) is 0 Å². The monoisotopic (exact) mass is 378 g/mol. The number of rotatable bonds is 4. The summed E-state index contributed by atoms with van der Waals surface area (Å²) in [5.41, 5.74) is 2.11.